The fourth-order valence-corrected chi connectivity index (χ4v) is 8.55. The van der Waals surface area contributed by atoms with E-state index >= 15 is 0 Å². The number of amidine groups is 1. The molecule has 1 aromatic heterocycles. The minimum atomic E-state index is -4.06. The van der Waals surface area contributed by atoms with Crippen molar-refractivity contribution in [1.82, 2.24) is 28.9 Å². The Kier molecular flexibility index (Phi) is 5.06. The van der Waals surface area contributed by atoms with Gasteiger partial charge in [0.1, 0.15) is 17.5 Å². The highest BCUT2D eigenvalue weighted by atomic mass is 35.5. The van der Waals surface area contributed by atoms with Crippen molar-refractivity contribution in [3.05, 3.63) is 29.3 Å². The van der Waals surface area contributed by atoms with Crippen molar-refractivity contribution >= 4 is 50.3 Å². The van der Waals surface area contributed by atoms with Crippen LogP contribution in [-0.4, -0.2) is 119 Å². The molecular weight excluding hydrogens is 534 g/mol. The van der Waals surface area contributed by atoms with Gasteiger partial charge < -0.3 is 24.5 Å². The van der Waals surface area contributed by atoms with Gasteiger partial charge in [-0.25, -0.2) is 13.2 Å². The van der Waals surface area contributed by atoms with E-state index < -0.39 is 21.2 Å². The number of carbonyl (C=O) groups is 2. The average molecular weight is 562 g/mol. The molecule has 6 heterocycles. The van der Waals surface area contributed by atoms with Crippen molar-refractivity contribution in [1.29, 1.82) is 0 Å². The molecule has 0 bridgehead atoms. The van der Waals surface area contributed by atoms with Crippen LogP contribution in [0.2, 0.25) is 5.02 Å². The number of amides is 3. The van der Waals surface area contributed by atoms with Gasteiger partial charge in [-0.05, 0) is 31.0 Å². The number of likely N-dealkylation sites (N-methyl/N-ethyl adjacent to an activating group) is 1. The topological polar surface area (TPSA) is 122 Å². The van der Waals surface area contributed by atoms with Gasteiger partial charge in [-0.1, -0.05) is 22.8 Å². The summed E-state index contributed by atoms with van der Waals surface area (Å²) >= 11 is 6.09. The average Bonchev–Trinajstić information content (AvgIpc) is 3.65. The number of hydrogen-bond acceptors (Lipinski definition) is 7. The van der Waals surface area contributed by atoms with Gasteiger partial charge in [0.15, 0.2) is 5.66 Å². The number of aromatic nitrogens is 1. The number of piperazine rings is 1. The number of likely N-dealkylation sites (tertiary alicyclic amines) is 1. The van der Waals surface area contributed by atoms with Gasteiger partial charge in [-0.3, -0.25) is 9.69 Å². The molecule has 14 heteroatoms. The van der Waals surface area contributed by atoms with E-state index in [1.165, 1.54) is 4.31 Å². The number of piperidine rings is 1. The zero-order chi connectivity index (χ0) is 26.4. The van der Waals surface area contributed by atoms with E-state index in [0.29, 0.717) is 55.0 Å². The molecule has 38 heavy (non-hydrogen) atoms. The zero-order valence-electron chi connectivity index (χ0n) is 20.9. The maximum atomic E-state index is 13.8. The highest BCUT2D eigenvalue weighted by Gasteiger charge is 2.69. The third kappa shape index (κ3) is 3.24. The molecule has 1 aromatic carbocycles. The monoisotopic (exact) mass is 561 g/mol. The number of benzene rings is 1. The summed E-state index contributed by atoms with van der Waals surface area (Å²) in [4.78, 5) is 42.7. The number of sulfonamides is 1. The summed E-state index contributed by atoms with van der Waals surface area (Å²) < 4.78 is 28.9. The smallest absolute Gasteiger partial charge is 0.322 e. The number of carbonyl (C=O) groups excluding carboxylic acids is 2. The van der Waals surface area contributed by atoms with Gasteiger partial charge in [0, 0.05) is 49.0 Å². The van der Waals surface area contributed by atoms with Crippen LogP contribution in [0.4, 0.5) is 4.79 Å². The van der Waals surface area contributed by atoms with Crippen LogP contribution in [0, 0.1) is 0 Å². The highest BCUT2D eigenvalue weighted by Crippen LogP contribution is 2.50. The lowest BCUT2D eigenvalue weighted by molar-refractivity contribution is -0.143. The fourth-order valence-electron chi connectivity index (χ4n) is 6.93. The molecular formula is C24H28ClN7O5S. The molecule has 5 aliphatic rings. The van der Waals surface area contributed by atoms with Crippen molar-refractivity contribution in [3.63, 3.8) is 0 Å². The molecule has 0 saturated carbocycles. The maximum absolute atomic E-state index is 13.8. The predicted octanol–water partition coefficient (Wildman–Crippen LogP) is 1.30. The van der Waals surface area contributed by atoms with Crippen LogP contribution in [0.25, 0.3) is 10.9 Å². The quantitative estimate of drug-likeness (QED) is 0.590. The highest BCUT2D eigenvalue weighted by molar-refractivity contribution is 7.89. The summed E-state index contributed by atoms with van der Waals surface area (Å²) in [5.74, 6) is 0.628. The number of urea groups is 1. The van der Waals surface area contributed by atoms with Crippen LogP contribution >= 0.6 is 11.6 Å². The number of hydrogen-bond donors (Lipinski definition) is 1. The summed E-state index contributed by atoms with van der Waals surface area (Å²) in [7, 11) is -2.35. The SMILES string of the molecule is CN1CC23CN(S(=O)(=O)c4cc5ccc(Cl)cc5[nH]4)CC(=O)N2CC2(CCN(C4=NOCC4)CC2)N3C1=O. The summed E-state index contributed by atoms with van der Waals surface area (Å²) in [6.07, 6.45) is 2.08. The number of rotatable bonds is 2. The van der Waals surface area contributed by atoms with E-state index in [4.69, 9.17) is 16.4 Å². The molecule has 4 saturated heterocycles. The first-order valence-electron chi connectivity index (χ1n) is 12.7. The van der Waals surface area contributed by atoms with Gasteiger partial charge in [-0.15, -0.1) is 0 Å². The van der Waals surface area contributed by atoms with Gasteiger partial charge in [-0.2, -0.15) is 4.31 Å². The molecule has 0 radical (unpaired) electrons. The van der Waals surface area contributed by atoms with Crippen LogP contribution in [0.15, 0.2) is 34.4 Å². The molecule has 2 aromatic rings. The second-order valence-corrected chi connectivity index (χ2v) is 13.2. The van der Waals surface area contributed by atoms with E-state index in [9.17, 15) is 18.0 Å². The van der Waals surface area contributed by atoms with Crippen LogP contribution in [-0.2, 0) is 19.7 Å². The lowest BCUT2D eigenvalue weighted by Crippen LogP contribution is -2.68. The number of nitrogens with one attached hydrogen (secondary N) is 1. The summed E-state index contributed by atoms with van der Waals surface area (Å²) in [5, 5.41) is 5.34. The molecule has 5 aliphatic heterocycles. The molecule has 12 nitrogen and oxygen atoms in total. The lowest BCUT2D eigenvalue weighted by atomic mass is 9.86. The van der Waals surface area contributed by atoms with Gasteiger partial charge in [0.25, 0.3) is 10.0 Å². The summed E-state index contributed by atoms with van der Waals surface area (Å²) in [6, 6.07) is 6.50. The van der Waals surface area contributed by atoms with Crippen molar-refractivity contribution in [2.75, 3.05) is 52.9 Å². The summed E-state index contributed by atoms with van der Waals surface area (Å²) in [5.41, 5.74) is -1.02. The Morgan fingerprint density at radius 2 is 1.89 bits per heavy atom. The standard InChI is InChI=1S/C24H28ClN7O5S/c1-28-14-24-15-30(38(35,36)20-10-16-2-3-17(25)11-18(16)26-20)12-21(33)31(24)13-23(32(24)22(28)34)5-7-29(8-6-23)19-4-9-37-27-19/h2-3,10-11,26H,4-9,12-15H2,1H3. The predicted molar refractivity (Wildman–Crippen MR) is 138 cm³/mol. The Morgan fingerprint density at radius 3 is 2.63 bits per heavy atom. The van der Waals surface area contributed by atoms with Crippen LogP contribution in [0.1, 0.15) is 19.3 Å². The van der Waals surface area contributed by atoms with E-state index in [-0.39, 0.29) is 36.6 Å². The Labute approximate surface area is 224 Å². The van der Waals surface area contributed by atoms with E-state index in [1.807, 2.05) is 4.90 Å². The van der Waals surface area contributed by atoms with E-state index in [1.54, 1.807) is 41.1 Å². The van der Waals surface area contributed by atoms with Crippen LogP contribution in [0.5, 0.6) is 0 Å². The first-order chi connectivity index (χ1) is 18.1. The number of fused-ring (bicyclic) bond motifs is 2. The minimum Gasteiger partial charge on any atom is -0.394 e. The molecule has 3 amide bonds. The van der Waals surface area contributed by atoms with Crippen molar-refractivity contribution in [2.24, 2.45) is 5.16 Å². The second-order valence-electron chi connectivity index (χ2n) is 10.9. The second kappa shape index (κ2) is 7.99. The lowest BCUT2D eigenvalue weighted by Gasteiger charge is -2.48. The third-order valence-corrected chi connectivity index (χ3v) is 10.7. The van der Waals surface area contributed by atoms with Gasteiger partial charge in [0.2, 0.25) is 5.91 Å². The third-order valence-electron chi connectivity index (χ3n) is 8.72. The molecule has 1 atom stereocenters. The number of nitrogens with zero attached hydrogens (tertiary/aromatic N) is 6. The molecule has 202 valence electrons. The van der Waals surface area contributed by atoms with Crippen molar-refractivity contribution in [3.8, 4) is 0 Å². The number of aromatic amines is 1. The first-order valence-corrected chi connectivity index (χ1v) is 14.5. The largest absolute Gasteiger partial charge is 0.394 e. The normalized spacial score (nSPS) is 27.4. The number of H-pyrrole nitrogens is 1. The fraction of sp³-hybridized carbons (Fsp3) is 0.542. The van der Waals surface area contributed by atoms with E-state index in [2.05, 4.69) is 15.0 Å². The van der Waals surface area contributed by atoms with Crippen LogP contribution < -0.4 is 0 Å². The Hall–Kier alpha value is -3.03. The van der Waals surface area contributed by atoms with E-state index in [0.717, 1.165) is 12.3 Å². The first kappa shape index (κ1) is 24.0. The molecule has 1 unspecified atom stereocenters. The van der Waals surface area contributed by atoms with Crippen molar-refractivity contribution in [2.45, 2.75) is 35.5 Å². The van der Waals surface area contributed by atoms with Gasteiger partial charge in [0.05, 0.1) is 25.2 Å². The van der Waals surface area contributed by atoms with Crippen LogP contribution in [0.3, 0.4) is 0 Å². The Balaban J connectivity index is 1.23. The molecule has 0 aliphatic carbocycles. The maximum Gasteiger partial charge on any atom is 0.322 e. The van der Waals surface area contributed by atoms with Gasteiger partial charge >= 0.3 is 6.03 Å². The number of oxime groups is 1. The van der Waals surface area contributed by atoms with Crippen molar-refractivity contribution < 1.29 is 22.8 Å². The zero-order valence-corrected chi connectivity index (χ0v) is 22.5. The number of halogens is 1. The molecule has 2 spiro atoms. The molecule has 1 N–H and O–H groups in total. The molecule has 7 rings (SSSR count). The molecule has 4 fully saturated rings. The summed E-state index contributed by atoms with van der Waals surface area (Å²) in [6.45, 7) is 2.34. The Morgan fingerprint density at radius 1 is 1.11 bits per heavy atom. The minimum absolute atomic E-state index is 0.00257. The Bertz CT molecular complexity index is 1500.